The average molecular weight is 563 g/mol. The van der Waals surface area contributed by atoms with Gasteiger partial charge < -0.3 is 5.32 Å². The highest BCUT2D eigenvalue weighted by molar-refractivity contribution is 6.03. The van der Waals surface area contributed by atoms with E-state index in [0.29, 0.717) is 16.6 Å². The normalized spacial score (nSPS) is 11.9. The Morgan fingerprint density at radius 3 is 2.38 bits per heavy atom. The van der Waals surface area contributed by atoms with Crippen LogP contribution < -0.4 is 5.32 Å². The third-order valence-electron chi connectivity index (χ3n) is 7.09. The molecular formula is C32H21F3N6O. The molecule has 0 radical (unpaired) electrons. The van der Waals surface area contributed by atoms with Crippen molar-refractivity contribution in [1.29, 1.82) is 0 Å². The molecule has 0 atom stereocenters. The van der Waals surface area contributed by atoms with E-state index in [-0.39, 0.29) is 22.9 Å². The van der Waals surface area contributed by atoms with Crippen molar-refractivity contribution >= 4 is 38.9 Å². The first-order chi connectivity index (χ1) is 20.3. The number of amides is 1. The van der Waals surface area contributed by atoms with Crippen LogP contribution in [0.4, 0.5) is 19.0 Å². The number of anilines is 1. The van der Waals surface area contributed by atoms with Crippen molar-refractivity contribution in [2.24, 2.45) is 0 Å². The Labute approximate surface area is 236 Å². The first-order valence-electron chi connectivity index (χ1n) is 13.1. The summed E-state index contributed by atoms with van der Waals surface area (Å²) in [6.07, 6.45) is -3.01. The van der Waals surface area contributed by atoms with Crippen LogP contribution in [-0.2, 0) is 12.7 Å². The van der Waals surface area contributed by atoms with Gasteiger partial charge in [-0.15, -0.1) is 0 Å². The van der Waals surface area contributed by atoms with E-state index in [4.69, 9.17) is 0 Å². The van der Waals surface area contributed by atoms with Crippen LogP contribution >= 0.6 is 0 Å². The molecule has 0 aliphatic rings. The lowest BCUT2D eigenvalue weighted by molar-refractivity contribution is -0.142. The molecule has 0 fully saturated rings. The molecule has 4 aromatic carbocycles. The summed E-state index contributed by atoms with van der Waals surface area (Å²) in [4.78, 5) is 17.5. The summed E-state index contributed by atoms with van der Waals surface area (Å²) in [5.74, 6) is -0.450. The highest BCUT2D eigenvalue weighted by Gasteiger charge is 2.35. The molecule has 0 spiro atoms. The van der Waals surface area contributed by atoms with Crippen molar-refractivity contribution in [3.05, 3.63) is 126 Å². The van der Waals surface area contributed by atoms with Gasteiger partial charge in [0.25, 0.3) is 5.91 Å². The second-order valence-corrected chi connectivity index (χ2v) is 9.88. The van der Waals surface area contributed by atoms with E-state index in [1.165, 1.54) is 6.07 Å². The predicted octanol–water partition coefficient (Wildman–Crippen LogP) is 7.22. The largest absolute Gasteiger partial charge is 0.433 e. The first kappa shape index (κ1) is 25.5. The van der Waals surface area contributed by atoms with Gasteiger partial charge in [-0.25, -0.2) is 9.50 Å². The molecule has 0 saturated carbocycles. The Bertz CT molecular complexity index is 2120. The molecule has 42 heavy (non-hydrogen) atoms. The molecule has 0 aliphatic heterocycles. The van der Waals surface area contributed by atoms with E-state index in [2.05, 4.69) is 20.5 Å². The Kier molecular flexibility index (Phi) is 5.97. The van der Waals surface area contributed by atoms with E-state index >= 15 is 0 Å². The van der Waals surface area contributed by atoms with Gasteiger partial charge in [0.2, 0.25) is 0 Å². The minimum absolute atomic E-state index is 0.0976. The van der Waals surface area contributed by atoms with Gasteiger partial charge in [-0.1, -0.05) is 78.9 Å². The third kappa shape index (κ3) is 4.72. The molecule has 0 saturated heterocycles. The Hall–Kier alpha value is -5.51. The summed E-state index contributed by atoms with van der Waals surface area (Å²) in [7, 11) is 0. The summed E-state index contributed by atoms with van der Waals surface area (Å²) in [5.41, 5.74) is 0.355. The van der Waals surface area contributed by atoms with E-state index < -0.39 is 17.8 Å². The molecule has 7 aromatic rings. The van der Waals surface area contributed by atoms with Crippen LogP contribution in [0.15, 0.2) is 109 Å². The topological polar surface area (TPSA) is 77.1 Å². The Morgan fingerprint density at radius 2 is 1.55 bits per heavy atom. The first-order valence-corrected chi connectivity index (χ1v) is 13.1. The minimum atomic E-state index is -4.73. The number of benzene rings is 4. The van der Waals surface area contributed by atoms with Gasteiger partial charge in [0, 0.05) is 23.9 Å². The lowest BCUT2D eigenvalue weighted by atomic mass is 10.0. The predicted molar refractivity (Wildman–Crippen MR) is 154 cm³/mol. The maximum Gasteiger partial charge on any atom is 0.433 e. The van der Waals surface area contributed by atoms with Crippen LogP contribution in [-0.4, -0.2) is 30.3 Å². The van der Waals surface area contributed by atoms with Gasteiger partial charge in [-0.05, 0) is 39.2 Å². The molecule has 1 amide bonds. The van der Waals surface area contributed by atoms with Crippen molar-refractivity contribution in [1.82, 2.24) is 24.4 Å². The average Bonchev–Trinajstić information content (AvgIpc) is 3.63. The molecule has 0 unspecified atom stereocenters. The number of halogens is 3. The van der Waals surface area contributed by atoms with Gasteiger partial charge >= 0.3 is 6.18 Å². The number of hydrogen-bond acceptors (Lipinski definition) is 4. The molecule has 10 heteroatoms. The summed E-state index contributed by atoms with van der Waals surface area (Å²) >= 11 is 0. The van der Waals surface area contributed by atoms with E-state index in [9.17, 15) is 18.0 Å². The maximum atomic E-state index is 14.1. The quantitative estimate of drug-likeness (QED) is 0.240. The standard InChI is InChI=1S/C32H21F3N6O/c33-32(34,35)28-17-26(23-13-12-20-6-1-2-8-22(20)16-23)36-30-18-27(38-41(28)30)31(42)37-29-14-15-40(39-29)19-24-10-5-9-21-7-3-4-11-25(21)24/h1-18H,19H2,(H,37,39,42). The Balaban J connectivity index is 1.18. The number of carbonyl (C=O) groups is 1. The van der Waals surface area contributed by atoms with Gasteiger partial charge in [0.1, 0.15) is 0 Å². The zero-order valence-electron chi connectivity index (χ0n) is 21.9. The van der Waals surface area contributed by atoms with Crippen molar-refractivity contribution in [3.63, 3.8) is 0 Å². The molecule has 0 aliphatic carbocycles. The molecule has 7 nitrogen and oxygen atoms in total. The number of carbonyl (C=O) groups excluding carboxylic acids is 1. The fraction of sp³-hybridized carbons (Fsp3) is 0.0625. The molecule has 3 aromatic heterocycles. The Morgan fingerprint density at radius 1 is 0.786 bits per heavy atom. The maximum absolute atomic E-state index is 14.1. The van der Waals surface area contributed by atoms with Crippen molar-refractivity contribution < 1.29 is 18.0 Å². The zero-order chi connectivity index (χ0) is 28.8. The number of hydrogen-bond donors (Lipinski definition) is 1. The molecule has 3 heterocycles. The fourth-order valence-corrected chi connectivity index (χ4v) is 5.09. The molecule has 1 N–H and O–H groups in total. The lowest BCUT2D eigenvalue weighted by Gasteiger charge is -2.11. The van der Waals surface area contributed by atoms with Crippen LogP contribution in [0.3, 0.4) is 0 Å². The van der Waals surface area contributed by atoms with Gasteiger partial charge in [-0.2, -0.15) is 23.4 Å². The van der Waals surface area contributed by atoms with E-state index in [1.54, 1.807) is 29.1 Å². The van der Waals surface area contributed by atoms with E-state index in [1.807, 2.05) is 72.8 Å². The van der Waals surface area contributed by atoms with Crippen LogP contribution in [0.2, 0.25) is 0 Å². The van der Waals surface area contributed by atoms with Crippen LogP contribution in [0.5, 0.6) is 0 Å². The fourth-order valence-electron chi connectivity index (χ4n) is 5.09. The second-order valence-electron chi connectivity index (χ2n) is 9.88. The minimum Gasteiger partial charge on any atom is -0.304 e. The number of fused-ring (bicyclic) bond motifs is 3. The zero-order valence-corrected chi connectivity index (χ0v) is 21.9. The van der Waals surface area contributed by atoms with E-state index in [0.717, 1.165) is 33.2 Å². The van der Waals surface area contributed by atoms with Crippen LogP contribution in [0.25, 0.3) is 38.4 Å². The molecule has 206 valence electrons. The lowest BCUT2D eigenvalue weighted by Crippen LogP contribution is -2.16. The van der Waals surface area contributed by atoms with Crippen LogP contribution in [0, 0.1) is 0 Å². The van der Waals surface area contributed by atoms with Gasteiger partial charge in [0.05, 0.1) is 12.2 Å². The smallest absolute Gasteiger partial charge is 0.304 e. The number of rotatable bonds is 5. The highest BCUT2D eigenvalue weighted by Crippen LogP contribution is 2.33. The van der Waals surface area contributed by atoms with Crippen LogP contribution in [0.1, 0.15) is 21.7 Å². The highest BCUT2D eigenvalue weighted by atomic mass is 19.4. The second kappa shape index (κ2) is 9.84. The number of alkyl halides is 3. The van der Waals surface area contributed by atoms with Crippen molar-refractivity contribution in [2.75, 3.05) is 5.32 Å². The van der Waals surface area contributed by atoms with Gasteiger partial charge in [0.15, 0.2) is 22.9 Å². The molecule has 7 rings (SSSR count). The summed E-state index contributed by atoms with van der Waals surface area (Å²) in [5, 5.41) is 15.1. The number of nitrogens with zero attached hydrogens (tertiary/aromatic N) is 5. The number of nitrogens with one attached hydrogen (secondary N) is 1. The number of aromatic nitrogens is 5. The van der Waals surface area contributed by atoms with Gasteiger partial charge in [-0.3, -0.25) is 9.48 Å². The summed E-state index contributed by atoms with van der Waals surface area (Å²) in [6, 6.07) is 30.7. The SMILES string of the molecule is O=C(Nc1ccn(Cc2cccc3ccccc23)n1)c1cc2nc(-c3ccc4ccccc4c3)cc(C(F)(F)F)n2n1. The molecule has 0 bridgehead atoms. The van der Waals surface area contributed by atoms with Crippen molar-refractivity contribution in [3.8, 4) is 11.3 Å². The summed E-state index contributed by atoms with van der Waals surface area (Å²) < 4.78 is 44.6. The third-order valence-corrected chi connectivity index (χ3v) is 7.09. The molecular weight excluding hydrogens is 541 g/mol. The summed E-state index contributed by atoms with van der Waals surface area (Å²) in [6.45, 7) is 0.474. The monoisotopic (exact) mass is 562 g/mol. The van der Waals surface area contributed by atoms with Crippen molar-refractivity contribution in [2.45, 2.75) is 12.7 Å².